The van der Waals surface area contributed by atoms with Crippen molar-refractivity contribution in [3.05, 3.63) is 44.1 Å². The highest BCUT2D eigenvalue weighted by atomic mass is 16.6. The second-order valence-electron chi connectivity index (χ2n) is 8.13. The first kappa shape index (κ1) is 21.8. The molecule has 8 nitrogen and oxygen atoms in total. The number of aromatic nitrogens is 3. The molecule has 1 aromatic rings. The highest BCUT2D eigenvalue weighted by Gasteiger charge is 2.34. The van der Waals surface area contributed by atoms with Crippen LogP contribution in [0.2, 0.25) is 0 Å². The Kier molecular flexibility index (Phi) is 7.29. The van der Waals surface area contributed by atoms with Gasteiger partial charge in [0, 0.05) is 19.6 Å². The van der Waals surface area contributed by atoms with E-state index in [0.717, 1.165) is 25.7 Å². The lowest BCUT2D eigenvalue weighted by molar-refractivity contribution is 0.352. The molecule has 0 aromatic carbocycles. The van der Waals surface area contributed by atoms with E-state index < -0.39 is 17.1 Å². The summed E-state index contributed by atoms with van der Waals surface area (Å²) in [6.45, 7) is 8.65. The molecular weight excluding hydrogens is 374 g/mol. The van der Waals surface area contributed by atoms with E-state index >= 15 is 0 Å². The maximum Gasteiger partial charge on any atom is 0.336 e. The second kappa shape index (κ2) is 9.71. The van der Waals surface area contributed by atoms with Crippen LogP contribution in [0.25, 0.3) is 0 Å². The number of unbranched alkanes of at least 4 members (excludes halogenated alkanes) is 2. The molecule has 4 unspecified atom stereocenters. The molecular formula is C21H33N3O5. The first-order chi connectivity index (χ1) is 13.9. The van der Waals surface area contributed by atoms with Gasteiger partial charge in [-0.3, -0.25) is 0 Å². The number of nitrogens with zero attached hydrogens (tertiary/aromatic N) is 3. The topological polar surface area (TPSA) is 91.1 Å². The third-order valence-corrected chi connectivity index (χ3v) is 5.84. The highest BCUT2D eigenvalue weighted by Crippen LogP contribution is 2.26. The fraction of sp³-hybridized carbons (Fsp3) is 0.762. The van der Waals surface area contributed by atoms with Gasteiger partial charge in [0.15, 0.2) is 0 Å². The molecule has 0 N–H and O–H groups in total. The highest BCUT2D eigenvalue weighted by molar-refractivity contribution is 4.84. The lowest BCUT2D eigenvalue weighted by Crippen LogP contribution is -2.54. The first-order valence-electron chi connectivity index (χ1n) is 10.8. The van der Waals surface area contributed by atoms with E-state index in [1.165, 1.54) is 13.7 Å². The Hall–Kier alpha value is -1.93. The van der Waals surface area contributed by atoms with E-state index in [0.29, 0.717) is 38.9 Å². The van der Waals surface area contributed by atoms with E-state index in [1.807, 2.05) is 19.9 Å². The van der Waals surface area contributed by atoms with Crippen LogP contribution in [-0.2, 0) is 29.1 Å². The summed E-state index contributed by atoms with van der Waals surface area (Å²) in [6, 6.07) is 0. The van der Waals surface area contributed by atoms with Crippen molar-refractivity contribution in [3.8, 4) is 0 Å². The summed E-state index contributed by atoms with van der Waals surface area (Å²) in [6.07, 6.45) is 8.12. The lowest BCUT2D eigenvalue weighted by atomic mass is 10.2. The van der Waals surface area contributed by atoms with Crippen LogP contribution in [0.15, 0.2) is 27.0 Å². The third-order valence-electron chi connectivity index (χ3n) is 5.84. The SMILES string of the molecule is C=CCCCCn1c(=O)n(CCCC2OC2C)c(=O)n(CCCC2OC2C)c1=O. The molecule has 2 fully saturated rings. The van der Waals surface area contributed by atoms with Crippen molar-refractivity contribution in [2.75, 3.05) is 0 Å². The summed E-state index contributed by atoms with van der Waals surface area (Å²) < 4.78 is 14.5. The molecule has 2 aliphatic heterocycles. The van der Waals surface area contributed by atoms with E-state index in [4.69, 9.17) is 9.47 Å². The molecule has 0 bridgehead atoms. The minimum absolute atomic E-state index is 0.221. The average molecular weight is 408 g/mol. The largest absolute Gasteiger partial charge is 0.370 e. The zero-order chi connectivity index (χ0) is 21.0. The van der Waals surface area contributed by atoms with Crippen LogP contribution in [0.1, 0.15) is 58.8 Å². The minimum Gasteiger partial charge on any atom is -0.370 e. The molecule has 3 rings (SSSR count). The summed E-state index contributed by atoms with van der Waals surface area (Å²) in [5, 5.41) is 0. The predicted molar refractivity (Wildman–Crippen MR) is 110 cm³/mol. The zero-order valence-electron chi connectivity index (χ0n) is 17.5. The Morgan fingerprint density at radius 3 is 1.48 bits per heavy atom. The molecule has 0 spiro atoms. The van der Waals surface area contributed by atoms with Crippen molar-refractivity contribution in [2.45, 2.75) is 103 Å². The van der Waals surface area contributed by atoms with Crippen LogP contribution < -0.4 is 17.1 Å². The monoisotopic (exact) mass is 407 g/mol. The van der Waals surface area contributed by atoms with Crippen molar-refractivity contribution < 1.29 is 9.47 Å². The van der Waals surface area contributed by atoms with Crippen LogP contribution in [0, 0.1) is 0 Å². The molecule has 1 aromatic heterocycles. The molecule has 0 saturated carbocycles. The molecule has 2 saturated heterocycles. The van der Waals surface area contributed by atoms with Gasteiger partial charge in [0.05, 0.1) is 24.4 Å². The second-order valence-corrected chi connectivity index (χ2v) is 8.13. The zero-order valence-corrected chi connectivity index (χ0v) is 17.5. The van der Waals surface area contributed by atoms with Gasteiger partial charge < -0.3 is 9.47 Å². The van der Waals surface area contributed by atoms with Crippen molar-refractivity contribution in [1.29, 1.82) is 0 Å². The van der Waals surface area contributed by atoms with Crippen LogP contribution in [0.4, 0.5) is 0 Å². The predicted octanol–water partition coefficient (Wildman–Crippen LogP) is 1.66. The summed E-state index contributed by atoms with van der Waals surface area (Å²) in [7, 11) is 0. The maximum atomic E-state index is 12.9. The number of hydrogen-bond donors (Lipinski definition) is 0. The quantitative estimate of drug-likeness (QED) is 0.282. The Morgan fingerprint density at radius 1 is 0.759 bits per heavy atom. The first-order valence-corrected chi connectivity index (χ1v) is 10.8. The Balaban J connectivity index is 1.76. The number of hydrogen-bond acceptors (Lipinski definition) is 5. The minimum atomic E-state index is -0.503. The Bertz CT molecular complexity index is 824. The Labute approximate surface area is 170 Å². The third kappa shape index (κ3) is 5.57. The van der Waals surface area contributed by atoms with Gasteiger partial charge in [-0.1, -0.05) is 6.08 Å². The lowest BCUT2D eigenvalue weighted by Gasteiger charge is -2.14. The van der Waals surface area contributed by atoms with Gasteiger partial charge in [-0.2, -0.15) is 0 Å². The van der Waals surface area contributed by atoms with Crippen molar-refractivity contribution >= 4 is 0 Å². The number of allylic oxidation sites excluding steroid dienone is 1. The average Bonchev–Trinajstić information content (AvgIpc) is 3.59. The van der Waals surface area contributed by atoms with Gasteiger partial charge in [-0.25, -0.2) is 28.1 Å². The van der Waals surface area contributed by atoms with Crippen LogP contribution in [0.3, 0.4) is 0 Å². The molecule has 0 radical (unpaired) electrons. The van der Waals surface area contributed by atoms with E-state index in [9.17, 15) is 14.4 Å². The van der Waals surface area contributed by atoms with Crippen LogP contribution in [-0.4, -0.2) is 38.1 Å². The summed E-state index contributed by atoms with van der Waals surface area (Å²) in [5.41, 5.74) is -1.51. The molecule has 29 heavy (non-hydrogen) atoms. The fourth-order valence-corrected chi connectivity index (χ4v) is 3.78. The van der Waals surface area contributed by atoms with Gasteiger partial charge in [0.25, 0.3) is 0 Å². The van der Waals surface area contributed by atoms with E-state index in [1.54, 1.807) is 0 Å². The normalized spacial score (nSPS) is 25.2. The van der Waals surface area contributed by atoms with Gasteiger partial charge >= 0.3 is 17.1 Å². The number of ether oxygens (including phenoxy) is 2. The van der Waals surface area contributed by atoms with Gasteiger partial charge in [-0.15, -0.1) is 6.58 Å². The van der Waals surface area contributed by atoms with Crippen LogP contribution in [0.5, 0.6) is 0 Å². The Morgan fingerprint density at radius 2 is 1.14 bits per heavy atom. The van der Waals surface area contributed by atoms with Crippen molar-refractivity contribution in [2.24, 2.45) is 0 Å². The van der Waals surface area contributed by atoms with Gasteiger partial charge in [0.1, 0.15) is 0 Å². The number of epoxide rings is 2. The van der Waals surface area contributed by atoms with Crippen molar-refractivity contribution in [3.63, 3.8) is 0 Å². The van der Waals surface area contributed by atoms with Crippen LogP contribution >= 0.6 is 0 Å². The smallest absolute Gasteiger partial charge is 0.336 e. The standard InChI is InChI=1S/C21H33N3O5/c1-4-5-6-7-12-22-19(25)23(13-8-10-17-15(2)28-17)21(27)24(20(22)26)14-9-11-18-16(3)29-18/h4,15-18H,1,5-14H2,2-3H3. The molecule has 162 valence electrons. The fourth-order valence-electron chi connectivity index (χ4n) is 3.78. The number of rotatable bonds is 13. The molecule has 0 amide bonds. The summed E-state index contributed by atoms with van der Waals surface area (Å²) in [4.78, 5) is 38.6. The van der Waals surface area contributed by atoms with Gasteiger partial charge in [-0.05, 0) is 58.8 Å². The molecule has 8 heteroatoms. The molecule has 4 atom stereocenters. The molecule has 3 heterocycles. The summed E-state index contributed by atoms with van der Waals surface area (Å²) >= 11 is 0. The van der Waals surface area contributed by atoms with Crippen molar-refractivity contribution in [1.82, 2.24) is 13.7 Å². The molecule has 0 aliphatic carbocycles. The van der Waals surface area contributed by atoms with E-state index in [-0.39, 0.29) is 24.4 Å². The van der Waals surface area contributed by atoms with Gasteiger partial charge in [0.2, 0.25) is 0 Å². The van der Waals surface area contributed by atoms with E-state index in [2.05, 4.69) is 6.58 Å². The summed E-state index contributed by atoms with van der Waals surface area (Å²) in [5.74, 6) is 0. The molecule has 2 aliphatic rings. The maximum absolute atomic E-state index is 12.9.